The third-order valence-electron chi connectivity index (χ3n) is 3.27. The predicted octanol–water partition coefficient (Wildman–Crippen LogP) is 3.40. The molecular weight excluding hydrogens is 334 g/mol. The zero-order valence-electron chi connectivity index (χ0n) is 13.4. The van der Waals surface area contributed by atoms with E-state index < -0.39 is 11.9 Å². The van der Waals surface area contributed by atoms with Crippen LogP contribution in [0.5, 0.6) is 11.5 Å². The van der Waals surface area contributed by atoms with E-state index in [4.69, 9.17) is 21.1 Å². The van der Waals surface area contributed by atoms with Gasteiger partial charge in [-0.3, -0.25) is 4.79 Å². The van der Waals surface area contributed by atoms with Crippen LogP contribution in [-0.2, 0) is 4.74 Å². The molecule has 7 heteroatoms. The smallest absolute Gasteiger partial charge is 0.337 e. The van der Waals surface area contributed by atoms with Crippen molar-refractivity contribution in [1.29, 1.82) is 0 Å². The van der Waals surface area contributed by atoms with E-state index in [9.17, 15) is 9.59 Å². The van der Waals surface area contributed by atoms with Gasteiger partial charge in [-0.05, 0) is 18.2 Å². The van der Waals surface area contributed by atoms with Crippen LogP contribution in [0.2, 0.25) is 5.02 Å². The van der Waals surface area contributed by atoms with Crippen LogP contribution in [0.25, 0.3) is 0 Å². The summed E-state index contributed by atoms with van der Waals surface area (Å²) < 4.78 is 15.0. The fourth-order valence-corrected chi connectivity index (χ4v) is 2.29. The van der Waals surface area contributed by atoms with E-state index in [-0.39, 0.29) is 5.56 Å². The third kappa shape index (κ3) is 3.78. The summed E-state index contributed by atoms with van der Waals surface area (Å²) in [6, 6.07) is 9.29. The number of nitrogens with one attached hydrogen (secondary N) is 1. The average molecular weight is 350 g/mol. The molecule has 0 aliphatic heterocycles. The summed E-state index contributed by atoms with van der Waals surface area (Å²) in [7, 11) is 4.21. The van der Waals surface area contributed by atoms with Crippen molar-refractivity contribution >= 4 is 29.2 Å². The van der Waals surface area contributed by atoms with Gasteiger partial charge >= 0.3 is 5.97 Å². The number of methoxy groups -OCH3 is 3. The molecule has 2 aromatic rings. The van der Waals surface area contributed by atoms with Crippen molar-refractivity contribution in [2.45, 2.75) is 0 Å². The quantitative estimate of drug-likeness (QED) is 0.837. The summed E-state index contributed by atoms with van der Waals surface area (Å²) in [6.07, 6.45) is 0. The molecule has 0 atom stereocenters. The van der Waals surface area contributed by atoms with Gasteiger partial charge in [-0.1, -0.05) is 17.7 Å². The highest BCUT2D eigenvalue weighted by molar-refractivity contribution is 6.32. The number of amides is 1. The maximum atomic E-state index is 12.4. The van der Waals surface area contributed by atoms with Crippen LogP contribution in [0.1, 0.15) is 20.7 Å². The summed E-state index contributed by atoms with van der Waals surface area (Å²) >= 11 is 6.04. The van der Waals surface area contributed by atoms with Gasteiger partial charge in [0, 0.05) is 17.7 Å². The molecule has 0 spiro atoms. The van der Waals surface area contributed by atoms with Crippen molar-refractivity contribution in [3.05, 3.63) is 52.5 Å². The van der Waals surface area contributed by atoms with Crippen molar-refractivity contribution in [3.8, 4) is 11.5 Å². The molecule has 126 valence electrons. The van der Waals surface area contributed by atoms with Gasteiger partial charge in [0.15, 0.2) is 0 Å². The molecule has 0 saturated heterocycles. The van der Waals surface area contributed by atoms with Gasteiger partial charge in [0.05, 0.1) is 37.6 Å². The Hall–Kier alpha value is -2.73. The molecule has 24 heavy (non-hydrogen) atoms. The Morgan fingerprint density at radius 2 is 1.62 bits per heavy atom. The molecule has 1 amide bonds. The van der Waals surface area contributed by atoms with Gasteiger partial charge in [-0.25, -0.2) is 4.79 Å². The minimum absolute atomic E-state index is 0.283. The normalized spacial score (nSPS) is 10.0. The van der Waals surface area contributed by atoms with E-state index in [1.54, 1.807) is 30.3 Å². The lowest BCUT2D eigenvalue weighted by Gasteiger charge is -2.13. The highest BCUT2D eigenvalue weighted by Gasteiger charge is 2.15. The lowest BCUT2D eigenvalue weighted by Crippen LogP contribution is -2.14. The SMILES string of the molecule is COC(=O)c1cccc(C(=O)Nc2cc(OC)c(Cl)cc2OC)c1. The Balaban J connectivity index is 2.31. The van der Waals surface area contributed by atoms with E-state index in [1.807, 2.05) is 0 Å². The molecule has 0 heterocycles. The monoisotopic (exact) mass is 349 g/mol. The molecule has 0 fully saturated rings. The van der Waals surface area contributed by atoms with Gasteiger partial charge in [0.1, 0.15) is 11.5 Å². The molecule has 0 aliphatic rings. The first-order valence-electron chi connectivity index (χ1n) is 6.91. The summed E-state index contributed by atoms with van der Waals surface area (Å²) in [5.74, 6) is -0.145. The van der Waals surface area contributed by atoms with Gasteiger partial charge < -0.3 is 19.5 Å². The minimum atomic E-state index is -0.518. The molecule has 0 radical (unpaired) electrons. The number of carbonyl (C=O) groups is 2. The summed E-state index contributed by atoms with van der Waals surface area (Å²) in [6.45, 7) is 0. The number of benzene rings is 2. The van der Waals surface area contributed by atoms with Crippen molar-refractivity contribution in [2.24, 2.45) is 0 Å². The Labute approximate surface area is 144 Å². The maximum Gasteiger partial charge on any atom is 0.337 e. The van der Waals surface area contributed by atoms with Gasteiger partial charge in [-0.2, -0.15) is 0 Å². The minimum Gasteiger partial charge on any atom is -0.495 e. The van der Waals surface area contributed by atoms with E-state index in [2.05, 4.69) is 10.1 Å². The summed E-state index contributed by atoms with van der Waals surface area (Å²) in [4.78, 5) is 24.0. The molecule has 0 aliphatic carbocycles. The Kier molecular flexibility index (Phi) is 5.65. The molecule has 2 rings (SSSR count). The van der Waals surface area contributed by atoms with Crippen LogP contribution >= 0.6 is 11.6 Å². The Morgan fingerprint density at radius 1 is 0.958 bits per heavy atom. The summed E-state index contributed by atoms with van der Waals surface area (Å²) in [5.41, 5.74) is 0.979. The average Bonchev–Trinajstić information content (AvgIpc) is 2.62. The summed E-state index contributed by atoms with van der Waals surface area (Å²) in [5, 5.41) is 3.07. The number of esters is 1. The zero-order chi connectivity index (χ0) is 17.7. The first-order chi connectivity index (χ1) is 11.5. The van der Waals surface area contributed by atoms with E-state index in [1.165, 1.54) is 27.4 Å². The Bertz CT molecular complexity index is 776. The molecular formula is C17H16ClNO5. The molecule has 0 unspecified atom stereocenters. The highest BCUT2D eigenvalue weighted by atomic mass is 35.5. The molecule has 0 aromatic heterocycles. The van der Waals surface area contributed by atoms with Crippen LogP contribution in [0.4, 0.5) is 5.69 Å². The predicted molar refractivity (Wildman–Crippen MR) is 90.3 cm³/mol. The Morgan fingerprint density at radius 3 is 2.25 bits per heavy atom. The van der Waals surface area contributed by atoms with E-state index >= 15 is 0 Å². The number of anilines is 1. The molecule has 1 N–H and O–H groups in total. The van der Waals surface area contributed by atoms with Crippen LogP contribution < -0.4 is 14.8 Å². The number of rotatable bonds is 5. The second-order valence-electron chi connectivity index (χ2n) is 4.71. The van der Waals surface area contributed by atoms with E-state index in [0.29, 0.717) is 27.8 Å². The van der Waals surface area contributed by atoms with Crippen molar-refractivity contribution in [1.82, 2.24) is 0 Å². The van der Waals surface area contributed by atoms with Crippen molar-refractivity contribution in [3.63, 3.8) is 0 Å². The second-order valence-corrected chi connectivity index (χ2v) is 5.12. The fraction of sp³-hybridized carbons (Fsp3) is 0.176. The maximum absolute atomic E-state index is 12.4. The standard InChI is InChI=1S/C17H16ClNO5/c1-22-14-9-13(15(23-2)8-12(14)18)19-16(20)10-5-4-6-11(7-10)17(21)24-3/h4-9H,1-3H3,(H,19,20). The fourth-order valence-electron chi connectivity index (χ4n) is 2.06. The molecule has 0 saturated carbocycles. The lowest BCUT2D eigenvalue weighted by molar-refractivity contribution is 0.0600. The number of hydrogen-bond donors (Lipinski definition) is 1. The molecule has 6 nitrogen and oxygen atoms in total. The molecule has 0 bridgehead atoms. The third-order valence-corrected chi connectivity index (χ3v) is 3.56. The van der Waals surface area contributed by atoms with Crippen LogP contribution in [0.3, 0.4) is 0 Å². The van der Waals surface area contributed by atoms with Crippen LogP contribution in [0, 0.1) is 0 Å². The molecule has 2 aromatic carbocycles. The first kappa shape index (κ1) is 17.6. The highest BCUT2D eigenvalue weighted by Crippen LogP contribution is 2.36. The largest absolute Gasteiger partial charge is 0.495 e. The van der Waals surface area contributed by atoms with Gasteiger partial charge in [0.25, 0.3) is 5.91 Å². The van der Waals surface area contributed by atoms with E-state index in [0.717, 1.165) is 0 Å². The number of carbonyl (C=O) groups excluding carboxylic acids is 2. The number of ether oxygens (including phenoxy) is 3. The number of hydrogen-bond acceptors (Lipinski definition) is 5. The second kappa shape index (κ2) is 7.70. The topological polar surface area (TPSA) is 73.9 Å². The zero-order valence-corrected chi connectivity index (χ0v) is 14.1. The van der Waals surface area contributed by atoms with Gasteiger partial charge in [-0.15, -0.1) is 0 Å². The van der Waals surface area contributed by atoms with Crippen molar-refractivity contribution in [2.75, 3.05) is 26.6 Å². The van der Waals surface area contributed by atoms with Gasteiger partial charge in [0.2, 0.25) is 0 Å². The first-order valence-corrected chi connectivity index (χ1v) is 7.29. The van der Waals surface area contributed by atoms with Crippen LogP contribution in [0.15, 0.2) is 36.4 Å². The lowest BCUT2D eigenvalue weighted by atomic mass is 10.1. The van der Waals surface area contributed by atoms with Crippen molar-refractivity contribution < 1.29 is 23.8 Å². The number of halogens is 1. The van der Waals surface area contributed by atoms with Crippen LogP contribution in [-0.4, -0.2) is 33.2 Å².